The molecule has 14 heavy (non-hydrogen) atoms. The van der Waals surface area contributed by atoms with Crippen molar-refractivity contribution in [3.05, 3.63) is 47.3 Å². The number of furan rings is 2. The van der Waals surface area contributed by atoms with Crippen LogP contribution in [0.5, 0.6) is 0 Å². The minimum absolute atomic E-state index is 0.154. The highest BCUT2D eigenvalue weighted by molar-refractivity contribution is 6.29. The summed E-state index contributed by atoms with van der Waals surface area (Å²) in [6.45, 7) is 0. The molecule has 3 nitrogen and oxygen atoms in total. The molecule has 0 spiro atoms. The normalized spacial score (nSPS) is 13.0. The van der Waals surface area contributed by atoms with Crippen LogP contribution >= 0.6 is 11.6 Å². The first kappa shape index (κ1) is 9.37. The van der Waals surface area contributed by atoms with E-state index in [0.717, 1.165) is 11.1 Å². The molecule has 0 aliphatic heterocycles. The molecule has 2 rings (SSSR count). The molecule has 0 fully saturated rings. The van der Waals surface area contributed by atoms with Crippen molar-refractivity contribution < 1.29 is 8.83 Å². The highest BCUT2D eigenvalue weighted by Crippen LogP contribution is 2.24. The van der Waals surface area contributed by atoms with Crippen LogP contribution in [0.3, 0.4) is 0 Å². The number of hydrogen-bond donors (Lipinski definition) is 1. The summed E-state index contributed by atoms with van der Waals surface area (Å²) in [6, 6.07) is 3.51. The zero-order valence-electron chi connectivity index (χ0n) is 7.44. The van der Waals surface area contributed by atoms with Crippen molar-refractivity contribution in [3.8, 4) is 0 Å². The summed E-state index contributed by atoms with van der Waals surface area (Å²) in [7, 11) is 0. The average molecular weight is 212 g/mol. The second kappa shape index (κ2) is 3.90. The van der Waals surface area contributed by atoms with Crippen LogP contribution in [0.15, 0.2) is 39.8 Å². The Bertz CT molecular complexity index is 394. The molecule has 2 aromatic rings. The molecule has 2 heterocycles. The molecule has 2 aromatic heterocycles. The lowest BCUT2D eigenvalue weighted by Crippen LogP contribution is -2.12. The minimum atomic E-state index is -0.154. The lowest BCUT2D eigenvalue weighted by Gasteiger charge is -2.07. The van der Waals surface area contributed by atoms with E-state index >= 15 is 0 Å². The molecule has 0 aromatic carbocycles. The van der Waals surface area contributed by atoms with Crippen molar-refractivity contribution in [1.29, 1.82) is 0 Å². The van der Waals surface area contributed by atoms with Crippen LogP contribution in [0.1, 0.15) is 17.2 Å². The summed E-state index contributed by atoms with van der Waals surface area (Å²) < 4.78 is 9.92. The fraction of sp³-hybridized carbons (Fsp3) is 0.200. The zero-order valence-corrected chi connectivity index (χ0v) is 8.20. The van der Waals surface area contributed by atoms with E-state index in [1.807, 2.05) is 6.07 Å². The van der Waals surface area contributed by atoms with Crippen LogP contribution in [-0.4, -0.2) is 0 Å². The number of hydrogen-bond acceptors (Lipinski definition) is 3. The fourth-order valence-corrected chi connectivity index (χ4v) is 1.60. The zero-order chi connectivity index (χ0) is 9.97. The van der Waals surface area contributed by atoms with Crippen molar-refractivity contribution >= 4 is 11.6 Å². The van der Waals surface area contributed by atoms with Crippen molar-refractivity contribution in [3.63, 3.8) is 0 Å². The predicted octanol–water partition coefficient (Wildman–Crippen LogP) is 2.77. The number of halogens is 1. The van der Waals surface area contributed by atoms with Gasteiger partial charge in [0.05, 0.1) is 18.8 Å². The van der Waals surface area contributed by atoms with Gasteiger partial charge in [-0.05, 0) is 35.7 Å². The third-order valence-electron chi connectivity index (χ3n) is 2.08. The molecule has 1 unspecified atom stereocenters. The van der Waals surface area contributed by atoms with Gasteiger partial charge in [-0.15, -0.1) is 0 Å². The first-order valence-electron chi connectivity index (χ1n) is 4.27. The highest BCUT2D eigenvalue weighted by Gasteiger charge is 2.13. The summed E-state index contributed by atoms with van der Waals surface area (Å²) in [5.74, 6) is 0. The van der Waals surface area contributed by atoms with Gasteiger partial charge >= 0.3 is 0 Å². The molecule has 0 aliphatic rings. The van der Waals surface area contributed by atoms with Gasteiger partial charge in [0.25, 0.3) is 0 Å². The van der Waals surface area contributed by atoms with Gasteiger partial charge in [-0.25, -0.2) is 0 Å². The molecule has 2 N–H and O–H groups in total. The molecule has 0 saturated carbocycles. The van der Waals surface area contributed by atoms with E-state index in [1.54, 1.807) is 18.6 Å². The molecule has 0 amide bonds. The summed E-state index contributed by atoms with van der Waals surface area (Å²) >= 11 is 5.80. The number of rotatable bonds is 3. The molecule has 0 saturated heterocycles. The highest BCUT2D eigenvalue weighted by atomic mass is 35.5. The smallest absolute Gasteiger partial charge is 0.197 e. The van der Waals surface area contributed by atoms with Gasteiger partial charge < -0.3 is 14.6 Å². The van der Waals surface area contributed by atoms with Crippen molar-refractivity contribution in [1.82, 2.24) is 0 Å². The van der Waals surface area contributed by atoms with Crippen LogP contribution in [0, 0.1) is 0 Å². The molecule has 74 valence electrons. The van der Waals surface area contributed by atoms with Crippen LogP contribution in [0.2, 0.25) is 5.22 Å². The molecule has 4 heteroatoms. The van der Waals surface area contributed by atoms with E-state index < -0.39 is 0 Å². The summed E-state index contributed by atoms with van der Waals surface area (Å²) in [4.78, 5) is 0. The Kier molecular flexibility index (Phi) is 2.61. The van der Waals surface area contributed by atoms with Crippen molar-refractivity contribution in [2.45, 2.75) is 12.5 Å². The quantitative estimate of drug-likeness (QED) is 0.850. The van der Waals surface area contributed by atoms with Crippen LogP contribution in [-0.2, 0) is 6.42 Å². The second-order valence-electron chi connectivity index (χ2n) is 3.09. The van der Waals surface area contributed by atoms with E-state index in [9.17, 15) is 0 Å². The van der Waals surface area contributed by atoms with Gasteiger partial charge in [0.15, 0.2) is 5.22 Å². The topological polar surface area (TPSA) is 52.3 Å². The Hall–Kier alpha value is -1.19. The van der Waals surface area contributed by atoms with E-state index in [1.165, 1.54) is 6.26 Å². The molecule has 0 radical (unpaired) electrons. The van der Waals surface area contributed by atoms with E-state index in [0.29, 0.717) is 11.6 Å². The first-order valence-corrected chi connectivity index (χ1v) is 4.64. The van der Waals surface area contributed by atoms with Gasteiger partial charge in [-0.3, -0.25) is 0 Å². The third kappa shape index (κ3) is 1.84. The molecular weight excluding hydrogens is 202 g/mol. The monoisotopic (exact) mass is 211 g/mol. The molecule has 0 aliphatic carbocycles. The Balaban J connectivity index is 2.10. The lowest BCUT2D eigenvalue weighted by atomic mass is 10.0. The Morgan fingerprint density at radius 1 is 1.36 bits per heavy atom. The maximum Gasteiger partial charge on any atom is 0.197 e. The van der Waals surface area contributed by atoms with Gasteiger partial charge in [0.1, 0.15) is 0 Å². The summed E-state index contributed by atoms with van der Waals surface area (Å²) in [6.07, 6.45) is 5.52. The first-order chi connectivity index (χ1) is 6.77. The minimum Gasteiger partial charge on any atom is -0.472 e. The van der Waals surface area contributed by atoms with Crippen molar-refractivity contribution in [2.75, 3.05) is 0 Å². The summed E-state index contributed by atoms with van der Waals surface area (Å²) in [5, 5.41) is 0.362. The van der Waals surface area contributed by atoms with Crippen molar-refractivity contribution in [2.24, 2.45) is 5.73 Å². The number of nitrogens with two attached hydrogens (primary N) is 1. The Morgan fingerprint density at radius 3 is 2.79 bits per heavy atom. The predicted molar refractivity (Wildman–Crippen MR) is 53.1 cm³/mol. The van der Waals surface area contributed by atoms with Gasteiger partial charge in [-0.1, -0.05) is 0 Å². The third-order valence-corrected chi connectivity index (χ3v) is 2.39. The Labute approximate surface area is 86.5 Å². The van der Waals surface area contributed by atoms with E-state index in [2.05, 4.69) is 0 Å². The van der Waals surface area contributed by atoms with Gasteiger partial charge in [0.2, 0.25) is 0 Å². The van der Waals surface area contributed by atoms with E-state index in [-0.39, 0.29) is 6.04 Å². The SMILES string of the molecule is NC(Cc1ccoc1)c1ccoc1Cl. The van der Waals surface area contributed by atoms with Crippen LogP contribution in [0.4, 0.5) is 0 Å². The summed E-state index contributed by atoms with van der Waals surface area (Å²) in [5.41, 5.74) is 7.82. The van der Waals surface area contributed by atoms with E-state index in [4.69, 9.17) is 26.2 Å². The second-order valence-corrected chi connectivity index (χ2v) is 3.44. The fourth-order valence-electron chi connectivity index (χ4n) is 1.34. The maximum atomic E-state index is 5.95. The lowest BCUT2D eigenvalue weighted by molar-refractivity contribution is 0.555. The Morgan fingerprint density at radius 2 is 2.21 bits per heavy atom. The largest absolute Gasteiger partial charge is 0.472 e. The van der Waals surface area contributed by atoms with Gasteiger partial charge in [-0.2, -0.15) is 0 Å². The maximum absolute atomic E-state index is 5.95. The van der Waals surface area contributed by atoms with Gasteiger partial charge in [0, 0.05) is 11.6 Å². The standard InChI is InChI=1S/C10H10ClNO2/c11-10-8(2-4-14-10)9(12)5-7-1-3-13-6-7/h1-4,6,9H,5,12H2. The van der Waals surface area contributed by atoms with Crippen LogP contribution < -0.4 is 5.73 Å². The van der Waals surface area contributed by atoms with Crippen LogP contribution in [0.25, 0.3) is 0 Å². The molecule has 1 atom stereocenters. The molecule has 0 bridgehead atoms. The molecular formula is C10H10ClNO2. The average Bonchev–Trinajstić information content (AvgIpc) is 2.75.